The molecule has 0 bridgehead atoms. The lowest BCUT2D eigenvalue weighted by Gasteiger charge is -2.31. The van der Waals surface area contributed by atoms with Crippen molar-refractivity contribution in [2.45, 2.75) is 25.9 Å². The summed E-state index contributed by atoms with van der Waals surface area (Å²) in [5.74, 6) is 0. The summed E-state index contributed by atoms with van der Waals surface area (Å²) in [4.78, 5) is 13.3. The maximum atomic E-state index is 11.5. The van der Waals surface area contributed by atoms with Crippen molar-refractivity contribution in [1.29, 1.82) is 0 Å². The lowest BCUT2D eigenvalue weighted by Crippen LogP contribution is -2.58. The van der Waals surface area contributed by atoms with E-state index >= 15 is 0 Å². The smallest absolute Gasteiger partial charge is 0.317 e. The molecule has 1 aliphatic heterocycles. The Morgan fingerprint density at radius 2 is 2.50 bits per heavy atom. The van der Waals surface area contributed by atoms with Gasteiger partial charge in [-0.2, -0.15) is 0 Å². The van der Waals surface area contributed by atoms with Crippen LogP contribution in [-0.4, -0.2) is 43.3 Å². The quantitative estimate of drug-likeness (QED) is 0.547. The monoisotopic (exact) mass is 200 g/mol. The van der Waals surface area contributed by atoms with E-state index in [4.69, 9.17) is 5.73 Å². The van der Waals surface area contributed by atoms with E-state index in [0.29, 0.717) is 6.54 Å². The van der Waals surface area contributed by atoms with Crippen molar-refractivity contribution in [1.82, 2.24) is 15.5 Å². The van der Waals surface area contributed by atoms with Gasteiger partial charge >= 0.3 is 6.03 Å². The maximum Gasteiger partial charge on any atom is 0.317 e. The molecule has 1 fully saturated rings. The van der Waals surface area contributed by atoms with Gasteiger partial charge < -0.3 is 16.0 Å². The van der Waals surface area contributed by atoms with Crippen molar-refractivity contribution in [2.75, 3.05) is 26.2 Å². The van der Waals surface area contributed by atoms with E-state index in [2.05, 4.69) is 17.6 Å². The predicted molar refractivity (Wildman–Crippen MR) is 55.9 cm³/mol. The number of hydrogen-bond donors (Lipinski definition) is 3. The fourth-order valence-electron chi connectivity index (χ4n) is 1.45. The third kappa shape index (κ3) is 3.51. The number of piperazine rings is 1. The third-order valence-electron chi connectivity index (χ3n) is 2.30. The second-order valence-corrected chi connectivity index (χ2v) is 3.59. The molecule has 5 heteroatoms. The summed E-state index contributed by atoms with van der Waals surface area (Å²) in [6.45, 7) is 4.98. The number of nitrogens with zero attached hydrogens (tertiary/aromatic N) is 1. The zero-order valence-electron chi connectivity index (χ0n) is 8.75. The highest BCUT2D eigenvalue weighted by Crippen LogP contribution is 1.96. The largest absolute Gasteiger partial charge is 0.338 e. The predicted octanol–water partition coefficient (Wildman–Crippen LogP) is -0.314. The van der Waals surface area contributed by atoms with E-state index in [9.17, 15) is 4.79 Å². The van der Waals surface area contributed by atoms with E-state index in [1.54, 1.807) is 4.90 Å². The summed E-state index contributed by atoms with van der Waals surface area (Å²) in [6, 6.07) is 0.00963. The number of urea groups is 1. The highest BCUT2D eigenvalue weighted by molar-refractivity contribution is 5.74. The molecule has 0 saturated carbocycles. The lowest BCUT2D eigenvalue weighted by atomic mass is 10.3. The molecular formula is C9H20N4O. The highest BCUT2D eigenvalue weighted by atomic mass is 16.2. The molecule has 1 heterocycles. The molecule has 1 unspecified atom stereocenters. The van der Waals surface area contributed by atoms with Crippen molar-refractivity contribution in [3.05, 3.63) is 0 Å². The fourth-order valence-corrected chi connectivity index (χ4v) is 1.45. The van der Waals surface area contributed by atoms with Crippen molar-refractivity contribution >= 4 is 6.03 Å². The Labute approximate surface area is 85.0 Å². The number of hydrogen-bond acceptors (Lipinski definition) is 3. The zero-order valence-corrected chi connectivity index (χ0v) is 8.75. The zero-order chi connectivity index (χ0) is 10.4. The average Bonchev–Trinajstić information content (AvgIpc) is 2.18. The molecule has 4 N–H and O–H groups in total. The first-order valence-corrected chi connectivity index (χ1v) is 5.25. The Morgan fingerprint density at radius 1 is 1.71 bits per heavy atom. The number of carbonyl (C=O) groups is 1. The second kappa shape index (κ2) is 5.82. The van der Waals surface area contributed by atoms with Gasteiger partial charge in [0, 0.05) is 19.6 Å². The van der Waals surface area contributed by atoms with Gasteiger partial charge in [-0.05, 0) is 6.42 Å². The molecule has 1 atom stereocenters. The van der Waals surface area contributed by atoms with Gasteiger partial charge in [0.1, 0.15) is 0 Å². The number of nitrogens with one attached hydrogen (secondary N) is 2. The fraction of sp³-hybridized carbons (Fsp3) is 0.889. The van der Waals surface area contributed by atoms with Crippen LogP contribution in [0.3, 0.4) is 0 Å². The molecule has 14 heavy (non-hydrogen) atoms. The van der Waals surface area contributed by atoms with Gasteiger partial charge in [0.15, 0.2) is 0 Å². The molecule has 5 nitrogen and oxygen atoms in total. The molecule has 82 valence electrons. The molecule has 0 aromatic heterocycles. The Kier molecular flexibility index (Phi) is 4.69. The van der Waals surface area contributed by atoms with Gasteiger partial charge in [-0.3, -0.25) is 5.32 Å². The summed E-state index contributed by atoms with van der Waals surface area (Å²) in [5, 5.41) is 5.97. The summed E-state index contributed by atoms with van der Waals surface area (Å²) in [5.41, 5.74) is 5.68. The molecule has 1 rings (SSSR count). The summed E-state index contributed by atoms with van der Waals surface area (Å²) in [7, 11) is 0. The number of nitrogens with two attached hydrogens (primary N) is 1. The summed E-state index contributed by atoms with van der Waals surface area (Å²) >= 11 is 0. The van der Waals surface area contributed by atoms with E-state index in [1.807, 2.05) is 0 Å². The topological polar surface area (TPSA) is 70.4 Å². The van der Waals surface area contributed by atoms with Gasteiger partial charge in [0.2, 0.25) is 0 Å². The summed E-state index contributed by atoms with van der Waals surface area (Å²) < 4.78 is 0. The van der Waals surface area contributed by atoms with Crippen molar-refractivity contribution in [2.24, 2.45) is 5.73 Å². The van der Waals surface area contributed by atoms with Crippen molar-refractivity contribution in [3.8, 4) is 0 Å². The molecule has 0 aliphatic carbocycles. The van der Waals surface area contributed by atoms with Crippen LogP contribution in [0, 0.1) is 0 Å². The molecule has 1 saturated heterocycles. The van der Waals surface area contributed by atoms with E-state index in [1.165, 1.54) is 0 Å². The van der Waals surface area contributed by atoms with Crippen LogP contribution in [0.15, 0.2) is 0 Å². The Bertz CT molecular complexity index is 186. The Balaban J connectivity index is 2.22. The third-order valence-corrected chi connectivity index (χ3v) is 2.30. The molecule has 1 aliphatic rings. The van der Waals surface area contributed by atoms with Crippen LogP contribution in [0.5, 0.6) is 0 Å². The standard InChI is InChI=1S/C9H20N4O/c1-2-3-4-12-9(14)13-6-5-11-8(10)7-13/h8,11H,2-7,10H2,1H3,(H,12,14). The van der Waals surface area contributed by atoms with Crippen LogP contribution in [0.4, 0.5) is 4.79 Å². The van der Waals surface area contributed by atoms with Gasteiger partial charge in [-0.15, -0.1) is 0 Å². The number of unbranched alkanes of at least 4 members (excludes halogenated alkanes) is 1. The number of rotatable bonds is 3. The Hall–Kier alpha value is -0.810. The van der Waals surface area contributed by atoms with Crippen LogP contribution in [0.1, 0.15) is 19.8 Å². The minimum atomic E-state index is -0.0827. The van der Waals surface area contributed by atoms with Crippen molar-refractivity contribution in [3.63, 3.8) is 0 Å². The molecular weight excluding hydrogens is 180 g/mol. The second-order valence-electron chi connectivity index (χ2n) is 3.59. The van der Waals surface area contributed by atoms with Crippen LogP contribution < -0.4 is 16.4 Å². The lowest BCUT2D eigenvalue weighted by molar-refractivity contribution is 0.177. The van der Waals surface area contributed by atoms with Gasteiger partial charge in [0.25, 0.3) is 0 Å². The van der Waals surface area contributed by atoms with Crippen LogP contribution >= 0.6 is 0 Å². The Morgan fingerprint density at radius 3 is 3.14 bits per heavy atom. The highest BCUT2D eigenvalue weighted by Gasteiger charge is 2.19. The minimum Gasteiger partial charge on any atom is -0.338 e. The maximum absolute atomic E-state index is 11.5. The van der Waals surface area contributed by atoms with Crippen LogP contribution in [-0.2, 0) is 0 Å². The van der Waals surface area contributed by atoms with Gasteiger partial charge in [-0.25, -0.2) is 4.79 Å². The van der Waals surface area contributed by atoms with Gasteiger partial charge in [-0.1, -0.05) is 13.3 Å². The SMILES string of the molecule is CCCCNC(=O)N1CCNC(N)C1. The number of carbonyl (C=O) groups excluding carboxylic acids is 1. The molecule has 0 aromatic carbocycles. The molecule has 0 radical (unpaired) electrons. The first kappa shape index (κ1) is 11.3. The van der Waals surface area contributed by atoms with Crippen LogP contribution in [0.25, 0.3) is 0 Å². The van der Waals surface area contributed by atoms with Crippen molar-refractivity contribution < 1.29 is 4.79 Å². The van der Waals surface area contributed by atoms with E-state index < -0.39 is 0 Å². The van der Waals surface area contributed by atoms with E-state index in [0.717, 1.165) is 32.5 Å². The molecule has 0 spiro atoms. The summed E-state index contributed by atoms with van der Waals surface area (Å²) in [6.07, 6.45) is 2.05. The molecule has 2 amide bonds. The number of amides is 2. The van der Waals surface area contributed by atoms with E-state index in [-0.39, 0.29) is 12.2 Å². The first-order chi connectivity index (χ1) is 6.74. The average molecular weight is 200 g/mol. The van der Waals surface area contributed by atoms with Gasteiger partial charge in [0.05, 0.1) is 12.7 Å². The normalized spacial score (nSPS) is 22.1. The first-order valence-electron chi connectivity index (χ1n) is 5.25. The van der Waals surface area contributed by atoms with Crippen LogP contribution in [0.2, 0.25) is 0 Å². The molecule has 0 aromatic rings. The minimum absolute atomic E-state index is 0.00963.